The highest BCUT2D eigenvalue weighted by Gasteiger charge is 2.38. The van der Waals surface area contributed by atoms with E-state index in [-0.39, 0.29) is 11.5 Å². The number of aliphatic carboxylic acids is 1. The van der Waals surface area contributed by atoms with Crippen LogP contribution in [0.3, 0.4) is 0 Å². The van der Waals surface area contributed by atoms with Crippen LogP contribution in [-0.2, 0) is 21.2 Å². The zero-order chi connectivity index (χ0) is 31.1. The monoisotopic (exact) mass is 600 g/mol. The molecule has 2 heterocycles. The minimum Gasteiger partial charge on any atom is -0.494 e. The molecule has 0 radical (unpaired) electrons. The fourth-order valence-corrected chi connectivity index (χ4v) is 4.06. The Hall–Kier alpha value is -4.20. The van der Waals surface area contributed by atoms with Gasteiger partial charge in [0.2, 0.25) is 0 Å². The van der Waals surface area contributed by atoms with Crippen molar-refractivity contribution in [3.8, 4) is 5.75 Å². The van der Waals surface area contributed by atoms with E-state index in [1.54, 1.807) is 7.11 Å². The van der Waals surface area contributed by atoms with Crippen LogP contribution in [0.2, 0.25) is 0 Å². The van der Waals surface area contributed by atoms with Gasteiger partial charge in [-0.15, -0.1) is 0 Å². The van der Waals surface area contributed by atoms with Gasteiger partial charge in [0.25, 0.3) is 0 Å². The summed E-state index contributed by atoms with van der Waals surface area (Å²) in [5.74, 6) is -1.93. The number of rotatable bonds is 7. The average Bonchev–Trinajstić information content (AvgIpc) is 2.93. The predicted octanol–water partition coefficient (Wildman–Crippen LogP) is 6.67. The first-order chi connectivity index (χ1) is 19.6. The minimum absolute atomic E-state index is 0.0623. The summed E-state index contributed by atoms with van der Waals surface area (Å²) in [4.78, 5) is 15.1. The number of nitrogens with zero attached hydrogens (tertiary/aromatic N) is 2. The van der Waals surface area contributed by atoms with E-state index in [1.165, 1.54) is 6.07 Å². The first kappa shape index (κ1) is 32.3. The Morgan fingerprint density at radius 1 is 0.976 bits per heavy atom. The predicted molar refractivity (Wildman–Crippen MR) is 145 cm³/mol. The van der Waals surface area contributed by atoms with E-state index in [2.05, 4.69) is 20.5 Å². The lowest BCUT2D eigenvalue weighted by molar-refractivity contribution is -0.192. The molecule has 1 saturated heterocycles. The number of hydrogen-bond donors (Lipinski definition) is 3. The molecule has 1 aliphatic heterocycles. The molecule has 0 amide bonds. The zero-order valence-electron chi connectivity index (χ0n) is 22.9. The van der Waals surface area contributed by atoms with Gasteiger partial charge in [-0.25, -0.2) is 9.78 Å². The number of benzene rings is 2. The number of morpholine rings is 1. The molecule has 3 N–H and O–H groups in total. The second kappa shape index (κ2) is 13.2. The molecule has 228 valence electrons. The van der Waals surface area contributed by atoms with Gasteiger partial charge in [-0.3, -0.25) is 0 Å². The number of halogens is 6. The molecular formula is C28H30F6N4O4. The maximum absolute atomic E-state index is 13.8. The van der Waals surface area contributed by atoms with Gasteiger partial charge in [0.15, 0.2) is 0 Å². The molecule has 2 aromatic carbocycles. The van der Waals surface area contributed by atoms with E-state index in [1.807, 2.05) is 62.4 Å². The number of carboxylic acid groups (broad SMARTS) is 1. The number of anilines is 4. The van der Waals surface area contributed by atoms with Gasteiger partial charge in [0.05, 0.1) is 42.8 Å². The quantitative estimate of drug-likeness (QED) is 0.259. The maximum Gasteiger partial charge on any atom is 0.490 e. The topological polar surface area (TPSA) is 96.0 Å². The average molecular weight is 601 g/mol. The highest BCUT2D eigenvalue weighted by Crippen LogP contribution is 2.39. The van der Waals surface area contributed by atoms with Crippen LogP contribution in [0, 0.1) is 0 Å². The van der Waals surface area contributed by atoms with Gasteiger partial charge in [-0.1, -0.05) is 30.3 Å². The largest absolute Gasteiger partial charge is 0.494 e. The molecule has 3 aromatic rings. The van der Waals surface area contributed by atoms with Crippen LogP contribution < -0.4 is 20.3 Å². The SMILES string of the molecule is COc1cc(N2CCOCC2)ccc1Nc1cc(NC(C)(C)c2ccccc2)c(C(F)(F)F)cn1.O=C(O)C(F)(F)F. The fourth-order valence-electron chi connectivity index (χ4n) is 4.06. The first-order valence-corrected chi connectivity index (χ1v) is 12.6. The summed E-state index contributed by atoms with van der Waals surface area (Å²) in [5.41, 5.74) is 0.805. The third kappa shape index (κ3) is 8.65. The molecule has 8 nitrogen and oxygen atoms in total. The lowest BCUT2D eigenvalue weighted by Gasteiger charge is -2.30. The van der Waals surface area contributed by atoms with E-state index in [0.29, 0.717) is 24.7 Å². The molecule has 1 aliphatic rings. The van der Waals surface area contributed by atoms with E-state index >= 15 is 0 Å². The highest BCUT2D eigenvalue weighted by molar-refractivity contribution is 5.73. The van der Waals surface area contributed by atoms with Crippen molar-refractivity contribution >= 4 is 28.8 Å². The number of ether oxygens (including phenoxy) is 2. The lowest BCUT2D eigenvalue weighted by atomic mass is 9.93. The molecule has 0 saturated carbocycles. The summed E-state index contributed by atoms with van der Waals surface area (Å²) in [6.07, 6.45) is -8.79. The van der Waals surface area contributed by atoms with Gasteiger partial charge in [0, 0.05) is 37.1 Å². The van der Waals surface area contributed by atoms with E-state index in [9.17, 15) is 26.3 Å². The van der Waals surface area contributed by atoms with Crippen LogP contribution in [0.1, 0.15) is 25.0 Å². The standard InChI is InChI=1S/C26H29F3N4O2.C2HF3O2/c1-25(2,18-7-5-4-6-8-18)32-22-16-24(30-17-20(22)26(27,28)29)31-21-10-9-19(15-23(21)34-3)33-11-13-35-14-12-33;3-2(4,5)1(6)7/h4-10,15-17H,11-14H2,1-3H3,(H2,30,31,32);(H,6,7). The molecule has 0 aliphatic carbocycles. The van der Waals surface area contributed by atoms with Gasteiger partial charge in [0.1, 0.15) is 11.6 Å². The minimum atomic E-state index is -5.08. The number of carbonyl (C=O) groups is 1. The van der Waals surface area contributed by atoms with Crippen LogP contribution in [0.5, 0.6) is 5.75 Å². The summed E-state index contributed by atoms with van der Waals surface area (Å²) in [6, 6.07) is 16.4. The van der Waals surface area contributed by atoms with E-state index in [0.717, 1.165) is 30.5 Å². The summed E-state index contributed by atoms with van der Waals surface area (Å²) < 4.78 is 84.1. The molecular weight excluding hydrogens is 570 g/mol. The van der Waals surface area contributed by atoms with Crippen molar-refractivity contribution in [1.29, 1.82) is 0 Å². The number of pyridine rings is 1. The number of aromatic nitrogens is 1. The smallest absolute Gasteiger partial charge is 0.490 e. The molecule has 4 rings (SSSR count). The Kier molecular flexibility index (Phi) is 10.1. The van der Waals surface area contributed by atoms with Crippen molar-refractivity contribution in [3.63, 3.8) is 0 Å². The van der Waals surface area contributed by atoms with Crippen molar-refractivity contribution in [3.05, 3.63) is 71.9 Å². The second-order valence-electron chi connectivity index (χ2n) is 9.64. The Bertz CT molecular complexity index is 1340. The molecule has 1 fully saturated rings. The molecule has 14 heteroatoms. The lowest BCUT2D eigenvalue weighted by Crippen LogP contribution is -2.36. The number of carboxylic acids is 1. The normalized spacial score (nSPS) is 14.0. The van der Waals surface area contributed by atoms with E-state index < -0.39 is 29.4 Å². The zero-order valence-corrected chi connectivity index (χ0v) is 22.9. The Morgan fingerprint density at radius 3 is 2.14 bits per heavy atom. The van der Waals surface area contributed by atoms with Gasteiger partial charge < -0.3 is 30.1 Å². The van der Waals surface area contributed by atoms with Crippen LogP contribution in [-0.4, -0.2) is 55.6 Å². The molecule has 0 unspecified atom stereocenters. The number of nitrogens with one attached hydrogen (secondary N) is 2. The van der Waals surface area contributed by atoms with Crippen molar-refractivity contribution < 1.29 is 45.7 Å². The number of alkyl halides is 6. The molecule has 0 atom stereocenters. The third-order valence-corrected chi connectivity index (χ3v) is 6.22. The summed E-state index contributed by atoms with van der Waals surface area (Å²) in [7, 11) is 1.55. The van der Waals surface area contributed by atoms with Gasteiger partial charge in [-0.2, -0.15) is 26.3 Å². The van der Waals surface area contributed by atoms with Crippen molar-refractivity contribution in [2.75, 3.05) is 48.9 Å². The maximum atomic E-state index is 13.8. The second-order valence-corrected chi connectivity index (χ2v) is 9.64. The van der Waals surface area contributed by atoms with E-state index in [4.69, 9.17) is 19.4 Å². The van der Waals surface area contributed by atoms with Crippen LogP contribution >= 0.6 is 0 Å². The van der Waals surface area contributed by atoms with Crippen molar-refractivity contribution in [2.24, 2.45) is 0 Å². The van der Waals surface area contributed by atoms with Crippen molar-refractivity contribution in [1.82, 2.24) is 4.98 Å². The first-order valence-electron chi connectivity index (χ1n) is 12.6. The van der Waals surface area contributed by atoms with Gasteiger partial charge >= 0.3 is 18.3 Å². The number of hydrogen-bond acceptors (Lipinski definition) is 7. The fraction of sp³-hybridized carbons (Fsp3) is 0.357. The number of methoxy groups -OCH3 is 1. The van der Waals surface area contributed by atoms with Crippen LogP contribution in [0.4, 0.5) is 49.2 Å². The Morgan fingerprint density at radius 2 is 1.60 bits per heavy atom. The Balaban J connectivity index is 0.000000616. The van der Waals surface area contributed by atoms with Crippen LogP contribution in [0.25, 0.3) is 0 Å². The summed E-state index contributed by atoms with van der Waals surface area (Å²) in [5, 5.41) is 13.3. The summed E-state index contributed by atoms with van der Waals surface area (Å²) in [6.45, 7) is 6.55. The van der Waals surface area contributed by atoms with Crippen LogP contribution in [0.15, 0.2) is 60.8 Å². The molecule has 42 heavy (non-hydrogen) atoms. The molecule has 0 bridgehead atoms. The molecule has 0 spiro atoms. The summed E-state index contributed by atoms with van der Waals surface area (Å²) >= 11 is 0. The molecule has 1 aromatic heterocycles. The Labute approximate surface area is 238 Å². The van der Waals surface area contributed by atoms with Crippen molar-refractivity contribution in [2.45, 2.75) is 31.7 Å². The third-order valence-electron chi connectivity index (χ3n) is 6.22. The van der Waals surface area contributed by atoms with Gasteiger partial charge in [-0.05, 0) is 31.5 Å². The highest BCUT2D eigenvalue weighted by atomic mass is 19.4.